The Morgan fingerprint density at radius 2 is 2.00 bits per heavy atom. The van der Waals surface area contributed by atoms with Crippen LogP contribution in [0.2, 0.25) is 0 Å². The standard InChI is InChI=1S/C17H25F4N3/c18-16(19)17(20,21)6-9-23-8-2-5-14(12-23)15-22-7-10-24(15)11-13-3-1-4-13/h7,10,13-14,16H,1-6,8-9,11-12H2/t14-/m1/s1. The first-order valence-corrected chi connectivity index (χ1v) is 8.85. The maximum Gasteiger partial charge on any atom is 0.308 e. The molecule has 3 nitrogen and oxygen atoms in total. The fourth-order valence-electron chi connectivity index (χ4n) is 3.67. The Bertz CT molecular complexity index is 528. The summed E-state index contributed by atoms with van der Waals surface area (Å²) < 4.78 is 53.1. The van der Waals surface area contributed by atoms with Crippen LogP contribution in [0.15, 0.2) is 12.4 Å². The van der Waals surface area contributed by atoms with Crippen molar-refractivity contribution in [3.05, 3.63) is 18.2 Å². The molecule has 1 aromatic rings. The molecule has 0 spiro atoms. The molecule has 1 saturated carbocycles. The number of hydrogen-bond donors (Lipinski definition) is 0. The molecule has 0 unspecified atom stereocenters. The summed E-state index contributed by atoms with van der Waals surface area (Å²) in [6, 6.07) is 0. The van der Waals surface area contributed by atoms with Gasteiger partial charge in [0, 0.05) is 44.4 Å². The second-order valence-corrected chi connectivity index (χ2v) is 7.19. The zero-order chi connectivity index (χ0) is 17.2. The lowest BCUT2D eigenvalue weighted by Gasteiger charge is -2.34. The number of imidazole rings is 1. The Morgan fingerprint density at radius 1 is 1.21 bits per heavy atom. The van der Waals surface area contributed by atoms with Crippen molar-refractivity contribution in [1.29, 1.82) is 0 Å². The van der Waals surface area contributed by atoms with Gasteiger partial charge in [0.1, 0.15) is 5.82 Å². The lowest BCUT2D eigenvalue weighted by atomic mass is 9.85. The van der Waals surface area contributed by atoms with Crippen LogP contribution < -0.4 is 0 Å². The Morgan fingerprint density at radius 3 is 2.67 bits per heavy atom. The fraction of sp³-hybridized carbons (Fsp3) is 0.824. The Balaban J connectivity index is 1.56. The number of hydrogen-bond acceptors (Lipinski definition) is 2. The summed E-state index contributed by atoms with van der Waals surface area (Å²) in [6.07, 6.45) is 5.12. The van der Waals surface area contributed by atoms with Gasteiger partial charge in [-0.2, -0.15) is 0 Å². The van der Waals surface area contributed by atoms with Crippen LogP contribution in [0.3, 0.4) is 0 Å². The third-order valence-corrected chi connectivity index (χ3v) is 5.38. The van der Waals surface area contributed by atoms with Crippen LogP contribution in [0.4, 0.5) is 17.6 Å². The molecule has 0 N–H and O–H groups in total. The molecule has 1 aliphatic carbocycles. The minimum atomic E-state index is -3.89. The summed E-state index contributed by atoms with van der Waals surface area (Å²) in [5.41, 5.74) is 0. The van der Waals surface area contributed by atoms with Crippen LogP contribution in [0.5, 0.6) is 0 Å². The molecular formula is C17H25F4N3. The molecule has 24 heavy (non-hydrogen) atoms. The summed E-state index contributed by atoms with van der Waals surface area (Å²) in [7, 11) is 0. The van der Waals surface area contributed by atoms with Gasteiger partial charge in [-0.3, -0.25) is 0 Å². The zero-order valence-corrected chi connectivity index (χ0v) is 13.8. The Hall–Kier alpha value is -1.11. The minimum absolute atomic E-state index is 0.0111. The van der Waals surface area contributed by atoms with E-state index in [0.717, 1.165) is 31.1 Å². The molecule has 2 fully saturated rings. The van der Waals surface area contributed by atoms with Crippen molar-refractivity contribution in [3.63, 3.8) is 0 Å². The van der Waals surface area contributed by atoms with E-state index in [1.807, 2.05) is 11.1 Å². The van der Waals surface area contributed by atoms with Crippen molar-refractivity contribution in [2.75, 3.05) is 19.6 Å². The molecule has 7 heteroatoms. The highest BCUT2D eigenvalue weighted by molar-refractivity contribution is 5.04. The van der Waals surface area contributed by atoms with E-state index in [1.165, 1.54) is 19.3 Å². The number of halogens is 4. The van der Waals surface area contributed by atoms with Gasteiger partial charge >= 0.3 is 12.3 Å². The topological polar surface area (TPSA) is 21.1 Å². The third-order valence-electron chi connectivity index (χ3n) is 5.38. The van der Waals surface area contributed by atoms with E-state index in [-0.39, 0.29) is 12.5 Å². The normalized spacial score (nSPS) is 23.6. The van der Waals surface area contributed by atoms with Gasteiger partial charge in [0.05, 0.1) is 0 Å². The highest BCUT2D eigenvalue weighted by Crippen LogP contribution is 2.32. The van der Waals surface area contributed by atoms with Gasteiger partial charge in [0.15, 0.2) is 0 Å². The summed E-state index contributed by atoms with van der Waals surface area (Å²) >= 11 is 0. The smallest absolute Gasteiger partial charge is 0.308 e. The van der Waals surface area contributed by atoms with Crippen molar-refractivity contribution in [2.24, 2.45) is 5.92 Å². The third kappa shape index (κ3) is 4.10. The van der Waals surface area contributed by atoms with Crippen LogP contribution in [-0.4, -0.2) is 46.4 Å². The molecule has 0 aromatic carbocycles. The lowest BCUT2D eigenvalue weighted by Crippen LogP contribution is -2.39. The van der Waals surface area contributed by atoms with Crippen molar-refractivity contribution in [3.8, 4) is 0 Å². The van der Waals surface area contributed by atoms with Gasteiger partial charge in [-0.05, 0) is 38.1 Å². The minimum Gasteiger partial charge on any atom is -0.334 e. The van der Waals surface area contributed by atoms with E-state index in [0.29, 0.717) is 13.1 Å². The Kier molecular flexibility index (Phi) is 5.47. The van der Waals surface area contributed by atoms with E-state index in [1.54, 1.807) is 6.20 Å². The molecule has 2 aliphatic rings. The second kappa shape index (κ2) is 7.42. The molecule has 1 aliphatic heterocycles. The Labute approximate surface area is 140 Å². The highest BCUT2D eigenvalue weighted by Gasteiger charge is 2.40. The number of likely N-dealkylation sites (tertiary alicyclic amines) is 1. The highest BCUT2D eigenvalue weighted by atomic mass is 19.3. The molecule has 0 bridgehead atoms. The number of aromatic nitrogens is 2. The summed E-state index contributed by atoms with van der Waals surface area (Å²) in [5.74, 6) is -1.95. The van der Waals surface area contributed by atoms with Crippen molar-refractivity contribution in [1.82, 2.24) is 14.5 Å². The second-order valence-electron chi connectivity index (χ2n) is 7.19. The van der Waals surface area contributed by atoms with Crippen LogP contribution in [0.1, 0.15) is 50.3 Å². The van der Waals surface area contributed by atoms with Gasteiger partial charge in [0.25, 0.3) is 0 Å². The van der Waals surface area contributed by atoms with Gasteiger partial charge in [-0.15, -0.1) is 0 Å². The first kappa shape index (κ1) is 17.7. The summed E-state index contributed by atoms with van der Waals surface area (Å²) in [6.45, 7) is 2.31. The summed E-state index contributed by atoms with van der Waals surface area (Å²) in [5, 5.41) is 0. The van der Waals surface area contributed by atoms with Crippen LogP contribution >= 0.6 is 0 Å². The number of alkyl halides is 4. The number of nitrogens with zero attached hydrogens (tertiary/aromatic N) is 3. The van der Waals surface area contributed by atoms with Crippen molar-refractivity contribution >= 4 is 0 Å². The molecule has 3 rings (SSSR count). The van der Waals surface area contributed by atoms with Crippen LogP contribution in [-0.2, 0) is 6.54 Å². The maximum atomic E-state index is 13.1. The van der Waals surface area contributed by atoms with Gasteiger partial charge in [-0.1, -0.05) is 6.42 Å². The monoisotopic (exact) mass is 347 g/mol. The number of piperidine rings is 1. The molecule has 1 saturated heterocycles. The molecular weight excluding hydrogens is 322 g/mol. The van der Waals surface area contributed by atoms with Crippen LogP contribution in [0, 0.1) is 5.92 Å². The molecule has 2 heterocycles. The quantitative estimate of drug-likeness (QED) is 0.691. The van der Waals surface area contributed by atoms with Gasteiger partial charge < -0.3 is 9.47 Å². The molecule has 136 valence electrons. The summed E-state index contributed by atoms with van der Waals surface area (Å²) in [4.78, 5) is 6.37. The zero-order valence-electron chi connectivity index (χ0n) is 13.8. The maximum absolute atomic E-state index is 13.1. The molecule has 1 aromatic heterocycles. The van der Waals surface area contributed by atoms with E-state index in [2.05, 4.69) is 9.55 Å². The van der Waals surface area contributed by atoms with Crippen LogP contribution in [0.25, 0.3) is 0 Å². The van der Waals surface area contributed by atoms with Gasteiger partial charge in [0.2, 0.25) is 0 Å². The van der Waals surface area contributed by atoms with E-state index in [9.17, 15) is 17.6 Å². The van der Waals surface area contributed by atoms with Crippen molar-refractivity contribution in [2.45, 2.75) is 63.3 Å². The van der Waals surface area contributed by atoms with E-state index >= 15 is 0 Å². The lowest BCUT2D eigenvalue weighted by molar-refractivity contribution is -0.136. The first-order valence-electron chi connectivity index (χ1n) is 8.85. The van der Waals surface area contributed by atoms with E-state index < -0.39 is 18.8 Å². The SMILES string of the molecule is FC(F)C(F)(F)CCN1CCC[C@@H](c2nccn2CC2CCC2)C1. The fourth-order valence-corrected chi connectivity index (χ4v) is 3.67. The van der Waals surface area contributed by atoms with Crippen molar-refractivity contribution < 1.29 is 17.6 Å². The molecule has 0 radical (unpaired) electrons. The largest absolute Gasteiger partial charge is 0.334 e. The predicted molar refractivity (Wildman–Crippen MR) is 83.6 cm³/mol. The molecule has 0 amide bonds. The van der Waals surface area contributed by atoms with Gasteiger partial charge in [-0.25, -0.2) is 22.5 Å². The number of rotatable bonds is 7. The predicted octanol–water partition coefficient (Wildman–Crippen LogP) is 4.15. The molecule has 1 atom stereocenters. The average Bonchev–Trinajstić information content (AvgIpc) is 2.97. The first-order chi connectivity index (χ1) is 11.5. The average molecular weight is 347 g/mol. The van der Waals surface area contributed by atoms with E-state index in [4.69, 9.17) is 0 Å².